The number of amides is 2. The molecule has 1 aliphatic heterocycles. The van der Waals surface area contributed by atoms with Crippen LogP contribution in [0.3, 0.4) is 0 Å². The molecule has 0 unspecified atom stereocenters. The van der Waals surface area contributed by atoms with Gasteiger partial charge in [-0.1, -0.05) is 32.0 Å². The molecule has 1 aromatic rings. The van der Waals surface area contributed by atoms with E-state index in [0.717, 1.165) is 13.1 Å². The number of anilines is 1. The number of carbonyl (C=O) groups is 2. The lowest BCUT2D eigenvalue weighted by Gasteiger charge is -2.36. The van der Waals surface area contributed by atoms with Crippen LogP contribution < -0.4 is 10.2 Å². The summed E-state index contributed by atoms with van der Waals surface area (Å²) >= 11 is 0. The summed E-state index contributed by atoms with van der Waals surface area (Å²) in [6, 6.07) is 10.2. The first-order valence-corrected chi connectivity index (χ1v) is 7.90. The van der Waals surface area contributed by atoms with Crippen molar-refractivity contribution in [1.82, 2.24) is 10.2 Å². The number of carbonyl (C=O) groups excluding carboxylic acids is 2. The van der Waals surface area contributed by atoms with Crippen LogP contribution in [0, 0.1) is 5.92 Å². The van der Waals surface area contributed by atoms with E-state index < -0.39 is 0 Å². The zero-order valence-corrected chi connectivity index (χ0v) is 13.4. The molecule has 1 fully saturated rings. The molecule has 1 aromatic carbocycles. The minimum Gasteiger partial charge on any atom is -0.368 e. The Morgan fingerprint density at radius 2 is 1.73 bits per heavy atom. The predicted octanol–water partition coefficient (Wildman–Crippen LogP) is 1.50. The van der Waals surface area contributed by atoms with Gasteiger partial charge in [-0.2, -0.15) is 0 Å². The Kier molecular flexibility index (Phi) is 5.81. The molecule has 1 saturated heterocycles. The number of rotatable bonds is 5. The molecule has 1 heterocycles. The van der Waals surface area contributed by atoms with E-state index in [0.29, 0.717) is 25.6 Å². The fourth-order valence-corrected chi connectivity index (χ4v) is 2.48. The highest BCUT2D eigenvalue weighted by Gasteiger charge is 2.22. The van der Waals surface area contributed by atoms with E-state index >= 15 is 0 Å². The van der Waals surface area contributed by atoms with E-state index in [9.17, 15) is 9.59 Å². The number of nitrogens with one attached hydrogen (secondary N) is 1. The maximum Gasteiger partial charge on any atom is 0.232 e. The van der Waals surface area contributed by atoms with Crippen molar-refractivity contribution in [3.63, 3.8) is 0 Å². The minimum absolute atomic E-state index is 0.0436. The first-order chi connectivity index (χ1) is 10.6. The molecule has 0 saturated carbocycles. The van der Waals surface area contributed by atoms with Crippen molar-refractivity contribution in [2.45, 2.75) is 20.3 Å². The van der Waals surface area contributed by atoms with E-state index in [-0.39, 0.29) is 18.2 Å². The average Bonchev–Trinajstić information content (AvgIpc) is 2.54. The average molecular weight is 303 g/mol. The molecule has 5 heteroatoms. The molecule has 5 nitrogen and oxygen atoms in total. The van der Waals surface area contributed by atoms with Crippen LogP contribution >= 0.6 is 0 Å². The van der Waals surface area contributed by atoms with Crippen molar-refractivity contribution >= 4 is 17.5 Å². The molecule has 2 rings (SSSR count). The fraction of sp³-hybridized carbons (Fsp3) is 0.529. The first-order valence-electron chi connectivity index (χ1n) is 7.90. The summed E-state index contributed by atoms with van der Waals surface area (Å²) in [6.07, 6.45) is -0.0436. The first kappa shape index (κ1) is 16.3. The molecule has 0 bridgehead atoms. The van der Waals surface area contributed by atoms with Crippen LogP contribution in [-0.2, 0) is 9.59 Å². The van der Waals surface area contributed by atoms with E-state index in [1.54, 1.807) is 4.90 Å². The Morgan fingerprint density at radius 3 is 2.32 bits per heavy atom. The third-order valence-corrected chi connectivity index (χ3v) is 3.77. The highest BCUT2D eigenvalue weighted by atomic mass is 16.2. The Hall–Kier alpha value is -2.04. The lowest BCUT2D eigenvalue weighted by Crippen LogP contribution is -2.49. The molecule has 120 valence electrons. The fourth-order valence-electron chi connectivity index (χ4n) is 2.48. The van der Waals surface area contributed by atoms with Gasteiger partial charge in [0.2, 0.25) is 11.8 Å². The summed E-state index contributed by atoms with van der Waals surface area (Å²) < 4.78 is 0. The smallest absolute Gasteiger partial charge is 0.232 e. The van der Waals surface area contributed by atoms with Crippen molar-refractivity contribution in [1.29, 1.82) is 0 Å². The van der Waals surface area contributed by atoms with Gasteiger partial charge in [0, 0.05) is 38.4 Å². The van der Waals surface area contributed by atoms with Crippen LogP contribution in [0.5, 0.6) is 0 Å². The molecule has 0 aromatic heterocycles. The van der Waals surface area contributed by atoms with Crippen LogP contribution in [0.2, 0.25) is 0 Å². The van der Waals surface area contributed by atoms with Gasteiger partial charge in [0.25, 0.3) is 0 Å². The monoisotopic (exact) mass is 303 g/mol. The van der Waals surface area contributed by atoms with E-state index in [4.69, 9.17) is 0 Å². The summed E-state index contributed by atoms with van der Waals surface area (Å²) in [4.78, 5) is 27.9. The summed E-state index contributed by atoms with van der Waals surface area (Å²) in [5.41, 5.74) is 1.18. The van der Waals surface area contributed by atoms with Crippen molar-refractivity contribution in [3.8, 4) is 0 Å². The maximum atomic E-state index is 12.1. The van der Waals surface area contributed by atoms with E-state index in [2.05, 4.69) is 22.3 Å². The third kappa shape index (κ3) is 4.76. The molecular formula is C17H25N3O2. The second kappa shape index (κ2) is 7.82. The standard InChI is InChI=1S/C17H25N3O2/c1-14(2)13-18-16(21)12-17(22)20-10-8-19(9-11-20)15-6-4-3-5-7-15/h3-7,14H,8-13H2,1-2H3,(H,18,21). The zero-order valence-electron chi connectivity index (χ0n) is 13.4. The van der Waals surface area contributed by atoms with Gasteiger partial charge in [-0.15, -0.1) is 0 Å². The third-order valence-electron chi connectivity index (χ3n) is 3.77. The minimum atomic E-state index is -0.177. The van der Waals surface area contributed by atoms with Crippen LogP contribution in [0.1, 0.15) is 20.3 Å². The van der Waals surface area contributed by atoms with E-state index in [1.165, 1.54) is 5.69 Å². The van der Waals surface area contributed by atoms with Crippen molar-refractivity contribution in [3.05, 3.63) is 30.3 Å². The van der Waals surface area contributed by atoms with Crippen molar-refractivity contribution < 1.29 is 9.59 Å². The van der Waals surface area contributed by atoms with Gasteiger partial charge in [0.1, 0.15) is 6.42 Å². The summed E-state index contributed by atoms with van der Waals surface area (Å²) in [7, 11) is 0. The topological polar surface area (TPSA) is 52.7 Å². The Morgan fingerprint density at radius 1 is 1.09 bits per heavy atom. The lowest BCUT2D eigenvalue weighted by molar-refractivity contribution is -0.136. The van der Waals surface area contributed by atoms with E-state index in [1.807, 2.05) is 32.0 Å². The van der Waals surface area contributed by atoms with Gasteiger partial charge < -0.3 is 15.1 Å². The number of para-hydroxylation sites is 1. The van der Waals surface area contributed by atoms with Crippen LogP contribution in [-0.4, -0.2) is 49.4 Å². The van der Waals surface area contributed by atoms with Crippen molar-refractivity contribution in [2.24, 2.45) is 5.92 Å². The SMILES string of the molecule is CC(C)CNC(=O)CC(=O)N1CCN(c2ccccc2)CC1. The summed E-state index contributed by atoms with van der Waals surface area (Å²) in [5, 5.41) is 2.79. The molecule has 0 atom stereocenters. The lowest BCUT2D eigenvalue weighted by atomic mass is 10.2. The number of benzene rings is 1. The summed E-state index contributed by atoms with van der Waals surface area (Å²) in [6.45, 7) is 7.65. The molecule has 22 heavy (non-hydrogen) atoms. The Bertz CT molecular complexity index is 494. The largest absolute Gasteiger partial charge is 0.368 e. The molecule has 1 N–H and O–H groups in total. The normalized spacial score (nSPS) is 15.0. The Labute approximate surface area is 132 Å². The number of piperazine rings is 1. The molecule has 0 aliphatic carbocycles. The zero-order chi connectivity index (χ0) is 15.9. The number of hydrogen-bond acceptors (Lipinski definition) is 3. The van der Waals surface area contributed by atoms with Crippen LogP contribution in [0.4, 0.5) is 5.69 Å². The highest BCUT2D eigenvalue weighted by Crippen LogP contribution is 2.15. The van der Waals surface area contributed by atoms with Crippen molar-refractivity contribution in [2.75, 3.05) is 37.6 Å². The molecule has 1 aliphatic rings. The van der Waals surface area contributed by atoms with Gasteiger partial charge in [-0.25, -0.2) is 0 Å². The second-order valence-electron chi connectivity index (χ2n) is 6.08. The molecule has 0 spiro atoms. The van der Waals surface area contributed by atoms with Gasteiger partial charge in [-0.05, 0) is 18.1 Å². The molecular weight excluding hydrogens is 278 g/mol. The second-order valence-corrected chi connectivity index (χ2v) is 6.08. The summed E-state index contributed by atoms with van der Waals surface area (Å²) in [5.74, 6) is 0.145. The van der Waals surface area contributed by atoms with Gasteiger partial charge in [0.05, 0.1) is 0 Å². The number of hydrogen-bond donors (Lipinski definition) is 1. The number of nitrogens with zero attached hydrogens (tertiary/aromatic N) is 2. The Balaban J connectivity index is 1.76. The van der Waals surface area contributed by atoms with Crippen LogP contribution in [0.15, 0.2) is 30.3 Å². The maximum absolute atomic E-state index is 12.1. The van der Waals surface area contributed by atoms with Gasteiger partial charge >= 0.3 is 0 Å². The van der Waals surface area contributed by atoms with Gasteiger partial charge in [-0.3, -0.25) is 9.59 Å². The molecule has 2 amide bonds. The van der Waals surface area contributed by atoms with Gasteiger partial charge in [0.15, 0.2) is 0 Å². The quantitative estimate of drug-likeness (QED) is 0.839. The molecule has 0 radical (unpaired) electrons. The predicted molar refractivity (Wildman–Crippen MR) is 87.7 cm³/mol. The van der Waals surface area contributed by atoms with Crippen LogP contribution in [0.25, 0.3) is 0 Å². The highest BCUT2D eigenvalue weighted by molar-refractivity contribution is 5.96.